The van der Waals surface area contributed by atoms with E-state index >= 15 is 0 Å². The second-order valence-corrected chi connectivity index (χ2v) is 4.65. The molecule has 1 rings (SSSR count). The van der Waals surface area contributed by atoms with Gasteiger partial charge in [-0.2, -0.15) is 0 Å². The molecule has 4 heteroatoms. The van der Waals surface area contributed by atoms with Crippen molar-refractivity contribution < 1.29 is 13.9 Å². The van der Waals surface area contributed by atoms with Crippen molar-refractivity contribution in [1.29, 1.82) is 0 Å². The smallest absolute Gasteiger partial charge is 0.123 e. The fraction of sp³-hybridized carbons (Fsp3) is 0.600. The molecule has 108 valence electrons. The van der Waals surface area contributed by atoms with Crippen LogP contribution in [0, 0.1) is 11.7 Å². The van der Waals surface area contributed by atoms with Crippen LogP contribution in [0.25, 0.3) is 0 Å². The molecule has 0 aliphatic carbocycles. The third-order valence-corrected chi connectivity index (χ3v) is 3.01. The van der Waals surface area contributed by atoms with Gasteiger partial charge >= 0.3 is 0 Å². The highest BCUT2D eigenvalue weighted by Crippen LogP contribution is 2.13. The van der Waals surface area contributed by atoms with E-state index in [2.05, 4.69) is 5.32 Å². The third-order valence-electron chi connectivity index (χ3n) is 3.01. The van der Waals surface area contributed by atoms with Gasteiger partial charge in [0.1, 0.15) is 5.82 Å². The lowest BCUT2D eigenvalue weighted by atomic mass is 9.96. The van der Waals surface area contributed by atoms with E-state index in [9.17, 15) is 4.39 Å². The standard InChI is InChI=1S/C15H24FNO2/c1-17-12-14(6-7-19-9-8-18-2)10-13-4-3-5-15(16)11-13/h3-5,11,14,17H,6-10,12H2,1-2H3. The number of nitrogens with one attached hydrogen (secondary N) is 1. The molecular weight excluding hydrogens is 245 g/mol. The number of hydrogen-bond acceptors (Lipinski definition) is 3. The molecule has 0 aliphatic heterocycles. The summed E-state index contributed by atoms with van der Waals surface area (Å²) in [5, 5.41) is 3.18. The number of rotatable bonds is 10. The second kappa shape index (κ2) is 9.89. The molecule has 1 atom stereocenters. The number of benzene rings is 1. The highest BCUT2D eigenvalue weighted by molar-refractivity contribution is 5.16. The van der Waals surface area contributed by atoms with Crippen molar-refractivity contribution in [3.05, 3.63) is 35.6 Å². The average molecular weight is 269 g/mol. The molecule has 19 heavy (non-hydrogen) atoms. The van der Waals surface area contributed by atoms with Gasteiger partial charge in [-0.1, -0.05) is 12.1 Å². The maximum atomic E-state index is 13.1. The first-order chi connectivity index (χ1) is 9.26. The maximum absolute atomic E-state index is 13.1. The molecule has 1 aromatic carbocycles. The van der Waals surface area contributed by atoms with E-state index in [-0.39, 0.29) is 5.82 Å². The van der Waals surface area contributed by atoms with E-state index in [1.54, 1.807) is 19.2 Å². The summed E-state index contributed by atoms with van der Waals surface area (Å²) in [6.45, 7) is 2.87. The number of hydrogen-bond donors (Lipinski definition) is 1. The van der Waals surface area contributed by atoms with Gasteiger partial charge in [0, 0.05) is 13.7 Å². The first-order valence-electron chi connectivity index (χ1n) is 6.72. The minimum Gasteiger partial charge on any atom is -0.382 e. The molecule has 0 saturated heterocycles. The molecule has 1 unspecified atom stereocenters. The number of methoxy groups -OCH3 is 1. The summed E-state index contributed by atoms with van der Waals surface area (Å²) in [6, 6.07) is 6.81. The molecule has 0 spiro atoms. The molecular formula is C15H24FNO2. The monoisotopic (exact) mass is 269 g/mol. The van der Waals surface area contributed by atoms with Crippen LogP contribution in [-0.4, -0.2) is 40.5 Å². The molecule has 3 nitrogen and oxygen atoms in total. The third kappa shape index (κ3) is 7.25. The molecule has 0 fully saturated rings. The van der Waals surface area contributed by atoms with Crippen molar-refractivity contribution in [3.63, 3.8) is 0 Å². The van der Waals surface area contributed by atoms with Crippen LogP contribution in [-0.2, 0) is 15.9 Å². The van der Waals surface area contributed by atoms with E-state index < -0.39 is 0 Å². The zero-order chi connectivity index (χ0) is 13.9. The van der Waals surface area contributed by atoms with Gasteiger partial charge in [-0.25, -0.2) is 4.39 Å². The van der Waals surface area contributed by atoms with Gasteiger partial charge in [0.15, 0.2) is 0 Å². The first-order valence-corrected chi connectivity index (χ1v) is 6.72. The summed E-state index contributed by atoms with van der Waals surface area (Å²) in [5.41, 5.74) is 1.04. The molecule has 0 aromatic heterocycles. The van der Waals surface area contributed by atoms with E-state index in [1.165, 1.54) is 6.07 Å². The van der Waals surface area contributed by atoms with Crippen LogP contribution in [0.1, 0.15) is 12.0 Å². The average Bonchev–Trinajstić information content (AvgIpc) is 2.38. The highest BCUT2D eigenvalue weighted by Gasteiger charge is 2.09. The van der Waals surface area contributed by atoms with E-state index in [0.29, 0.717) is 25.7 Å². The molecule has 0 bridgehead atoms. The van der Waals surface area contributed by atoms with Gasteiger partial charge in [0.25, 0.3) is 0 Å². The summed E-state index contributed by atoms with van der Waals surface area (Å²) in [7, 11) is 3.60. The summed E-state index contributed by atoms with van der Waals surface area (Å²) < 4.78 is 23.6. The van der Waals surface area contributed by atoms with Crippen molar-refractivity contribution >= 4 is 0 Å². The van der Waals surface area contributed by atoms with Gasteiger partial charge in [-0.15, -0.1) is 0 Å². The number of ether oxygens (including phenoxy) is 2. The van der Waals surface area contributed by atoms with Crippen molar-refractivity contribution in [3.8, 4) is 0 Å². The van der Waals surface area contributed by atoms with Crippen molar-refractivity contribution in [2.45, 2.75) is 12.8 Å². The lowest BCUT2D eigenvalue weighted by Gasteiger charge is -2.16. The molecule has 0 heterocycles. The molecule has 0 saturated carbocycles. The second-order valence-electron chi connectivity index (χ2n) is 4.65. The van der Waals surface area contributed by atoms with Crippen molar-refractivity contribution in [2.75, 3.05) is 40.5 Å². The van der Waals surface area contributed by atoms with Crippen molar-refractivity contribution in [2.24, 2.45) is 5.92 Å². The van der Waals surface area contributed by atoms with E-state index in [0.717, 1.165) is 24.9 Å². The molecule has 0 amide bonds. The van der Waals surface area contributed by atoms with Crippen LogP contribution in [0.4, 0.5) is 4.39 Å². The highest BCUT2D eigenvalue weighted by atomic mass is 19.1. The zero-order valence-electron chi connectivity index (χ0n) is 11.8. The Hall–Kier alpha value is -0.970. The quantitative estimate of drug-likeness (QED) is 0.661. The Morgan fingerprint density at radius 2 is 2.11 bits per heavy atom. The van der Waals surface area contributed by atoms with Crippen LogP contribution < -0.4 is 5.32 Å². The van der Waals surface area contributed by atoms with Gasteiger partial charge in [0.05, 0.1) is 13.2 Å². The summed E-state index contributed by atoms with van der Waals surface area (Å²) in [6.07, 6.45) is 1.83. The molecule has 0 radical (unpaired) electrons. The minimum atomic E-state index is -0.169. The van der Waals surface area contributed by atoms with Gasteiger partial charge in [-0.3, -0.25) is 0 Å². The lowest BCUT2D eigenvalue weighted by molar-refractivity contribution is 0.0637. The van der Waals surface area contributed by atoms with Gasteiger partial charge < -0.3 is 14.8 Å². The Kier molecular flexibility index (Phi) is 8.38. The minimum absolute atomic E-state index is 0.169. The molecule has 1 N–H and O–H groups in total. The van der Waals surface area contributed by atoms with Gasteiger partial charge in [0.2, 0.25) is 0 Å². The molecule has 1 aromatic rings. The Morgan fingerprint density at radius 1 is 1.26 bits per heavy atom. The largest absolute Gasteiger partial charge is 0.382 e. The van der Waals surface area contributed by atoms with Crippen LogP contribution in [0.15, 0.2) is 24.3 Å². The van der Waals surface area contributed by atoms with Crippen LogP contribution in [0.2, 0.25) is 0 Å². The topological polar surface area (TPSA) is 30.5 Å². The molecule has 0 aliphatic rings. The maximum Gasteiger partial charge on any atom is 0.123 e. The van der Waals surface area contributed by atoms with E-state index in [4.69, 9.17) is 9.47 Å². The summed E-state index contributed by atoms with van der Waals surface area (Å²) in [5.74, 6) is 0.284. The Balaban J connectivity index is 2.35. The Labute approximate surface area is 115 Å². The van der Waals surface area contributed by atoms with E-state index in [1.807, 2.05) is 13.1 Å². The fourth-order valence-electron chi connectivity index (χ4n) is 2.06. The first kappa shape index (κ1) is 16.1. The predicted octanol–water partition coefficient (Wildman–Crippen LogP) is 2.26. The summed E-state index contributed by atoms with van der Waals surface area (Å²) in [4.78, 5) is 0. The number of halogens is 1. The normalized spacial score (nSPS) is 12.6. The predicted molar refractivity (Wildman–Crippen MR) is 74.8 cm³/mol. The summed E-state index contributed by atoms with van der Waals surface area (Å²) >= 11 is 0. The van der Waals surface area contributed by atoms with Crippen LogP contribution >= 0.6 is 0 Å². The fourth-order valence-corrected chi connectivity index (χ4v) is 2.06. The van der Waals surface area contributed by atoms with Crippen LogP contribution in [0.5, 0.6) is 0 Å². The van der Waals surface area contributed by atoms with Crippen molar-refractivity contribution in [1.82, 2.24) is 5.32 Å². The Bertz CT molecular complexity index is 347. The Morgan fingerprint density at radius 3 is 2.79 bits per heavy atom. The zero-order valence-corrected chi connectivity index (χ0v) is 11.8. The SMILES string of the molecule is CNCC(CCOCCOC)Cc1cccc(F)c1. The van der Waals surface area contributed by atoms with Gasteiger partial charge in [-0.05, 0) is 50.0 Å². The van der Waals surface area contributed by atoms with Crippen LogP contribution in [0.3, 0.4) is 0 Å². The lowest BCUT2D eigenvalue weighted by Crippen LogP contribution is -2.22.